The highest BCUT2D eigenvalue weighted by Gasteiger charge is 2.16. The lowest BCUT2D eigenvalue weighted by Crippen LogP contribution is -2.15. The Hall–Kier alpha value is -2.32. The van der Waals surface area contributed by atoms with Crippen LogP contribution in [-0.2, 0) is 11.2 Å². The van der Waals surface area contributed by atoms with Crippen molar-refractivity contribution in [3.8, 4) is 11.5 Å². The number of ether oxygens (including phenoxy) is 2. The first kappa shape index (κ1) is 20.4. The molecule has 1 amide bonds. The summed E-state index contributed by atoms with van der Waals surface area (Å²) < 4.78 is 10.5. The van der Waals surface area contributed by atoms with Crippen molar-refractivity contribution in [3.63, 3.8) is 0 Å². The molecule has 3 rings (SSSR count). The minimum absolute atomic E-state index is 0.122. The molecule has 0 saturated heterocycles. The maximum absolute atomic E-state index is 12.5. The molecule has 1 aromatic carbocycles. The number of amides is 1. The molecular weight excluding hydrogens is 394 g/mol. The number of thioether (sulfide) groups is 1. The second-order valence-electron chi connectivity index (χ2n) is 6.17. The molecule has 0 radical (unpaired) electrons. The van der Waals surface area contributed by atoms with E-state index in [0.29, 0.717) is 17.2 Å². The summed E-state index contributed by atoms with van der Waals surface area (Å²) in [6.07, 6.45) is 0.759. The summed E-state index contributed by atoms with van der Waals surface area (Å²) >= 11 is 3.11. The van der Waals surface area contributed by atoms with Crippen LogP contribution in [0.2, 0.25) is 0 Å². The fourth-order valence-electron chi connectivity index (χ4n) is 2.74. The van der Waals surface area contributed by atoms with Gasteiger partial charge in [0.05, 0.1) is 25.7 Å². The van der Waals surface area contributed by atoms with Gasteiger partial charge >= 0.3 is 0 Å². The van der Waals surface area contributed by atoms with E-state index in [0.717, 1.165) is 27.5 Å². The van der Waals surface area contributed by atoms with Crippen LogP contribution in [0.3, 0.4) is 0 Å². The fourth-order valence-corrected chi connectivity index (χ4v) is 4.76. The van der Waals surface area contributed by atoms with Crippen LogP contribution >= 0.6 is 23.1 Å². The van der Waals surface area contributed by atoms with E-state index in [9.17, 15) is 4.79 Å². The van der Waals surface area contributed by atoms with Crippen molar-refractivity contribution in [2.45, 2.75) is 32.2 Å². The Balaban J connectivity index is 1.78. The van der Waals surface area contributed by atoms with Gasteiger partial charge in [-0.2, -0.15) is 0 Å². The van der Waals surface area contributed by atoms with Crippen molar-refractivity contribution < 1.29 is 14.3 Å². The first-order chi connectivity index (χ1) is 13.5. The SMILES string of the molecule is CCc1nc(SCC(=O)Nc2ccc(OC)cc2OC)c2c(C)c(C)sc2n1. The number of nitrogens with zero attached hydrogens (tertiary/aromatic N) is 2. The van der Waals surface area contributed by atoms with E-state index >= 15 is 0 Å². The monoisotopic (exact) mass is 417 g/mol. The molecule has 28 heavy (non-hydrogen) atoms. The average Bonchev–Trinajstić information content (AvgIpc) is 3.00. The number of aromatic nitrogens is 2. The molecule has 0 aliphatic heterocycles. The molecule has 8 heteroatoms. The molecule has 0 atom stereocenters. The van der Waals surface area contributed by atoms with Crippen LogP contribution in [0.5, 0.6) is 11.5 Å². The molecule has 1 N–H and O–H groups in total. The largest absolute Gasteiger partial charge is 0.497 e. The first-order valence-electron chi connectivity index (χ1n) is 8.88. The van der Waals surface area contributed by atoms with Crippen molar-refractivity contribution in [3.05, 3.63) is 34.5 Å². The minimum Gasteiger partial charge on any atom is -0.497 e. The van der Waals surface area contributed by atoms with Gasteiger partial charge in [0.1, 0.15) is 27.2 Å². The highest BCUT2D eigenvalue weighted by Crippen LogP contribution is 2.35. The Bertz CT molecular complexity index is 1020. The molecule has 148 valence electrons. The third-order valence-corrected chi connectivity index (χ3v) is 6.46. The summed E-state index contributed by atoms with van der Waals surface area (Å²) in [6, 6.07) is 5.29. The van der Waals surface area contributed by atoms with Crippen LogP contribution in [0.25, 0.3) is 10.2 Å². The Morgan fingerprint density at radius 3 is 2.68 bits per heavy atom. The Labute approximate surface area is 172 Å². The smallest absolute Gasteiger partial charge is 0.234 e. The van der Waals surface area contributed by atoms with Crippen LogP contribution in [0.15, 0.2) is 23.2 Å². The number of hydrogen-bond acceptors (Lipinski definition) is 7. The fraction of sp³-hybridized carbons (Fsp3) is 0.350. The van der Waals surface area contributed by atoms with Crippen LogP contribution in [0.1, 0.15) is 23.2 Å². The number of nitrogens with one attached hydrogen (secondary N) is 1. The van der Waals surface area contributed by atoms with Crippen LogP contribution in [0, 0.1) is 13.8 Å². The zero-order valence-electron chi connectivity index (χ0n) is 16.6. The van der Waals surface area contributed by atoms with E-state index < -0.39 is 0 Å². The highest BCUT2D eigenvalue weighted by molar-refractivity contribution is 8.00. The van der Waals surface area contributed by atoms with Gasteiger partial charge in [0.15, 0.2) is 0 Å². The topological polar surface area (TPSA) is 73.3 Å². The van der Waals surface area contributed by atoms with Crippen molar-refractivity contribution in [1.29, 1.82) is 0 Å². The summed E-state index contributed by atoms with van der Waals surface area (Å²) in [5.41, 5.74) is 1.79. The van der Waals surface area contributed by atoms with Crippen molar-refractivity contribution in [2.75, 3.05) is 25.3 Å². The van der Waals surface area contributed by atoms with Gasteiger partial charge in [0.25, 0.3) is 0 Å². The van der Waals surface area contributed by atoms with Crippen molar-refractivity contribution in [1.82, 2.24) is 9.97 Å². The number of carbonyl (C=O) groups is 1. The maximum atomic E-state index is 12.5. The standard InChI is InChI=1S/C20H23N3O3S2/c1-6-16-22-19(18-11(2)12(3)28-20(18)23-16)27-10-17(24)21-14-8-7-13(25-4)9-15(14)26-5/h7-9H,6,10H2,1-5H3,(H,21,24). The number of anilines is 1. The average molecular weight is 418 g/mol. The Morgan fingerprint density at radius 2 is 2.00 bits per heavy atom. The molecule has 0 unspecified atom stereocenters. The molecule has 0 saturated carbocycles. The van der Waals surface area contributed by atoms with Gasteiger partial charge in [-0.05, 0) is 31.5 Å². The van der Waals surface area contributed by atoms with Gasteiger partial charge in [0.2, 0.25) is 5.91 Å². The molecule has 2 aromatic heterocycles. The lowest BCUT2D eigenvalue weighted by molar-refractivity contribution is -0.113. The van der Waals surface area contributed by atoms with E-state index in [2.05, 4.69) is 29.1 Å². The van der Waals surface area contributed by atoms with E-state index in [1.807, 2.05) is 6.92 Å². The lowest BCUT2D eigenvalue weighted by atomic mass is 10.2. The van der Waals surface area contributed by atoms with E-state index in [1.54, 1.807) is 43.8 Å². The van der Waals surface area contributed by atoms with Crippen LogP contribution in [0.4, 0.5) is 5.69 Å². The van der Waals surface area contributed by atoms with E-state index in [4.69, 9.17) is 9.47 Å². The first-order valence-corrected chi connectivity index (χ1v) is 10.7. The van der Waals surface area contributed by atoms with E-state index in [1.165, 1.54) is 22.2 Å². The predicted molar refractivity (Wildman–Crippen MR) is 115 cm³/mol. The molecule has 3 aromatic rings. The maximum Gasteiger partial charge on any atom is 0.234 e. The quantitative estimate of drug-likeness (QED) is 0.447. The second-order valence-corrected chi connectivity index (χ2v) is 8.33. The number of hydrogen-bond donors (Lipinski definition) is 1. The number of rotatable bonds is 7. The number of fused-ring (bicyclic) bond motifs is 1. The summed E-state index contributed by atoms with van der Waals surface area (Å²) in [6.45, 7) is 6.20. The number of methoxy groups -OCH3 is 2. The highest BCUT2D eigenvalue weighted by atomic mass is 32.2. The second kappa shape index (κ2) is 8.79. The third kappa shape index (κ3) is 4.23. The molecule has 0 aliphatic rings. The summed E-state index contributed by atoms with van der Waals surface area (Å²) in [7, 11) is 3.15. The normalized spacial score (nSPS) is 10.9. The van der Waals surface area contributed by atoms with Crippen molar-refractivity contribution >= 4 is 44.9 Å². The number of thiophene rings is 1. The van der Waals surface area contributed by atoms with Crippen molar-refractivity contribution in [2.24, 2.45) is 0 Å². The molecule has 0 bridgehead atoms. The zero-order chi connectivity index (χ0) is 20.3. The van der Waals surface area contributed by atoms with Gasteiger partial charge in [-0.15, -0.1) is 11.3 Å². The summed E-state index contributed by atoms with van der Waals surface area (Å²) in [5.74, 6) is 2.15. The molecule has 0 spiro atoms. The number of benzene rings is 1. The van der Waals surface area contributed by atoms with Gasteiger partial charge in [-0.1, -0.05) is 18.7 Å². The third-order valence-electron chi connectivity index (χ3n) is 4.38. The zero-order valence-corrected chi connectivity index (χ0v) is 18.2. The Kier molecular flexibility index (Phi) is 6.41. The van der Waals surface area contributed by atoms with Gasteiger partial charge in [-0.25, -0.2) is 9.97 Å². The molecule has 0 fully saturated rings. The lowest BCUT2D eigenvalue weighted by Gasteiger charge is -2.12. The molecule has 0 aliphatic carbocycles. The summed E-state index contributed by atoms with van der Waals surface area (Å²) in [5, 5.41) is 4.82. The van der Waals surface area contributed by atoms with Crippen LogP contribution in [-0.4, -0.2) is 35.8 Å². The van der Waals surface area contributed by atoms with Gasteiger partial charge in [-0.3, -0.25) is 4.79 Å². The van der Waals surface area contributed by atoms with Crippen LogP contribution < -0.4 is 14.8 Å². The molecule has 2 heterocycles. The Morgan fingerprint density at radius 1 is 1.21 bits per heavy atom. The minimum atomic E-state index is -0.122. The van der Waals surface area contributed by atoms with E-state index in [-0.39, 0.29) is 11.7 Å². The molecule has 6 nitrogen and oxygen atoms in total. The predicted octanol–water partition coefficient (Wildman–Crippen LogP) is 4.62. The number of carbonyl (C=O) groups excluding carboxylic acids is 1. The number of aryl methyl sites for hydroxylation is 3. The summed E-state index contributed by atoms with van der Waals surface area (Å²) in [4.78, 5) is 24.0. The molecular formula is C20H23N3O3S2. The van der Waals surface area contributed by atoms with Gasteiger partial charge in [0, 0.05) is 22.8 Å². The van der Waals surface area contributed by atoms with Gasteiger partial charge < -0.3 is 14.8 Å².